The van der Waals surface area contributed by atoms with Gasteiger partial charge in [-0.3, -0.25) is 14.5 Å². The third-order valence-corrected chi connectivity index (χ3v) is 3.73. The largest absolute Gasteiger partial charge is 0.329 e. The van der Waals surface area contributed by atoms with E-state index in [-0.39, 0.29) is 22.3 Å². The SMILES string of the molecule is CCCN1C(=O)CC(SC(C)CN)C1=O. The van der Waals surface area contributed by atoms with Crippen LogP contribution in [0, 0.1) is 0 Å². The van der Waals surface area contributed by atoms with Crippen molar-refractivity contribution in [1.29, 1.82) is 0 Å². The average Bonchev–Trinajstić information content (AvgIpc) is 2.46. The molecule has 1 aliphatic rings. The maximum Gasteiger partial charge on any atom is 0.242 e. The van der Waals surface area contributed by atoms with Crippen LogP contribution in [-0.2, 0) is 9.59 Å². The summed E-state index contributed by atoms with van der Waals surface area (Å²) in [5.41, 5.74) is 5.49. The smallest absolute Gasteiger partial charge is 0.242 e. The lowest BCUT2D eigenvalue weighted by Crippen LogP contribution is -2.32. The third-order valence-electron chi connectivity index (χ3n) is 2.38. The molecule has 0 aliphatic carbocycles. The van der Waals surface area contributed by atoms with E-state index < -0.39 is 0 Å². The summed E-state index contributed by atoms with van der Waals surface area (Å²) in [4.78, 5) is 24.7. The topological polar surface area (TPSA) is 63.4 Å². The molecule has 2 amide bonds. The molecule has 5 heteroatoms. The molecule has 0 aromatic rings. The number of imide groups is 1. The minimum atomic E-state index is -0.206. The first-order chi connectivity index (χ1) is 7.10. The lowest BCUT2D eigenvalue weighted by atomic mass is 10.3. The Labute approximate surface area is 94.6 Å². The van der Waals surface area contributed by atoms with Crippen LogP contribution in [-0.4, -0.2) is 40.3 Å². The van der Waals surface area contributed by atoms with E-state index in [2.05, 4.69) is 0 Å². The average molecular weight is 230 g/mol. The summed E-state index contributed by atoms with van der Waals surface area (Å²) in [6.07, 6.45) is 1.16. The second kappa shape index (κ2) is 5.51. The number of nitrogens with two attached hydrogens (primary N) is 1. The van der Waals surface area contributed by atoms with Crippen molar-refractivity contribution in [1.82, 2.24) is 4.90 Å². The number of nitrogens with zero attached hydrogens (tertiary/aromatic N) is 1. The van der Waals surface area contributed by atoms with Gasteiger partial charge in [-0.1, -0.05) is 13.8 Å². The monoisotopic (exact) mass is 230 g/mol. The summed E-state index contributed by atoms with van der Waals surface area (Å²) in [6, 6.07) is 0. The molecule has 1 fully saturated rings. The summed E-state index contributed by atoms with van der Waals surface area (Å²) in [6.45, 7) is 5.02. The van der Waals surface area contributed by atoms with Gasteiger partial charge in [0.1, 0.15) is 0 Å². The summed E-state index contributed by atoms with van der Waals surface area (Å²) >= 11 is 1.51. The third kappa shape index (κ3) is 2.95. The van der Waals surface area contributed by atoms with Crippen molar-refractivity contribution in [3.05, 3.63) is 0 Å². The van der Waals surface area contributed by atoms with Crippen molar-refractivity contribution in [3.8, 4) is 0 Å². The van der Waals surface area contributed by atoms with Crippen molar-refractivity contribution >= 4 is 23.6 Å². The standard InChI is InChI=1S/C10H18N2O2S/c1-3-4-12-9(13)5-8(10(12)14)15-7(2)6-11/h7-8H,3-6,11H2,1-2H3. The number of likely N-dealkylation sites (tertiary alicyclic amines) is 1. The highest BCUT2D eigenvalue weighted by molar-refractivity contribution is 8.01. The number of thioether (sulfide) groups is 1. The van der Waals surface area contributed by atoms with Gasteiger partial charge in [-0.2, -0.15) is 0 Å². The molecule has 2 N–H and O–H groups in total. The molecule has 1 rings (SSSR count). The van der Waals surface area contributed by atoms with Crippen LogP contribution in [0.25, 0.3) is 0 Å². The fourth-order valence-electron chi connectivity index (χ4n) is 1.55. The lowest BCUT2D eigenvalue weighted by Gasteiger charge is -2.15. The van der Waals surface area contributed by atoms with Gasteiger partial charge in [0.2, 0.25) is 11.8 Å². The lowest BCUT2D eigenvalue weighted by molar-refractivity contribution is -0.138. The van der Waals surface area contributed by atoms with E-state index in [9.17, 15) is 9.59 Å². The van der Waals surface area contributed by atoms with Gasteiger partial charge >= 0.3 is 0 Å². The van der Waals surface area contributed by atoms with Crippen molar-refractivity contribution in [2.45, 2.75) is 37.2 Å². The molecule has 1 aliphatic heterocycles. The molecule has 0 saturated carbocycles. The van der Waals surface area contributed by atoms with Crippen LogP contribution >= 0.6 is 11.8 Å². The Kier molecular flexibility index (Phi) is 4.60. The molecule has 0 aromatic heterocycles. The van der Waals surface area contributed by atoms with Crippen LogP contribution in [0.3, 0.4) is 0 Å². The molecule has 2 atom stereocenters. The van der Waals surface area contributed by atoms with E-state index in [1.807, 2.05) is 13.8 Å². The highest BCUT2D eigenvalue weighted by Gasteiger charge is 2.38. The summed E-state index contributed by atoms with van der Waals surface area (Å²) in [5, 5.41) is 0.0240. The number of carbonyl (C=O) groups excluding carboxylic acids is 2. The molecular formula is C10H18N2O2S. The van der Waals surface area contributed by atoms with Crippen LogP contribution in [0.5, 0.6) is 0 Å². The highest BCUT2D eigenvalue weighted by atomic mass is 32.2. The molecule has 0 aromatic carbocycles. The molecule has 15 heavy (non-hydrogen) atoms. The second-order valence-electron chi connectivity index (χ2n) is 3.76. The Morgan fingerprint density at radius 2 is 2.27 bits per heavy atom. The molecule has 1 saturated heterocycles. The summed E-state index contributed by atoms with van der Waals surface area (Å²) in [5.74, 6) is -0.0734. The summed E-state index contributed by atoms with van der Waals surface area (Å²) < 4.78 is 0. The zero-order valence-electron chi connectivity index (χ0n) is 9.23. The van der Waals surface area contributed by atoms with Crippen molar-refractivity contribution in [2.75, 3.05) is 13.1 Å². The number of rotatable bonds is 5. The summed E-state index contributed by atoms with van der Waals surface area (Å²) in [7, 11) is 0. The van der Waals surface area contributed by atoms with Gasteiger partial charge in [0.25, 0.3) is 0 Å². The van der Waals surface area contributed by atoms with Crippen molar-refractivity contribution in [2.24, 2.45) is 5.73 Å². The number of hydrogen-bond donors (Lipinski definition) is 1. The fraction of sp³-hybridized carbons (Fsp3) is 0.800. The van der Waals surface area contributed by atoms with Gasteiger partial charge in [0.15, 0.2) is 0 Å². The van der Waals surface area contributed by atoms with Gasteiger partial charge in [-0.25, -0.2) is 0 Å². The van der Waals surface area contributed by atoms with Crippen LogP contribution in [0.1, 0.15) is 26.7 Å². The Hall–Kier alpha value is -0.550. The molecule has 1 heterocycles. The second-order valence-corrected chi connectivity index (χ2v) is 5.40. The molecule has 4 nitrogen and oxygen atoms in total. The van der Waals surface area contributed by atoms with E-state index >= 15 is 0 Å². The van der Waals surface area contributed by atoms with Gasteiger partial charge < -0.3 is 5.73 Å². The van der Waals surface area contributed by atoms with Gasteiger partial charge in [0.05, 0.1) is 5.25 Å². The molecule has 0 radical (unpaired) electrons. The van der Waals surface area contributed by atoms with Gasteiger partial charge in [0, 0.05) is 24.8 Å². The van der Waals surface area contributed by atoms with E-state index in [4.69, 9.17) is 5.73 Å². The Morgan fingerprint density at radius 3 is 2.80 bits per heavy atom. The predicted octanol–water partition coefficient (Wildman–Crippen LogP) is 0.604. The maximum atomic E-state index is 11.8. The first kappa shape index (κ1) is 12.5. The van der Waals surface area contributed by atoms with Crippen LogP contribution in [0.15, 0.2) is 0 Å². The Morgan fingerprint density at radius 1 is 1.60 bits per heavy atom. The van der Waals surface area contributed by atoms with Crippen LogP contribution < -0.4 is 5.73 Å². The fourth-order valence-corrected chi connectivity index (χ4v) is 2.71. The van der Waals surface area contributed by atoms with E-state index in [0.29, 0.717) is 19.5 Å². The minimum absolute atomic E-state index is 0.0350. The zero-order valence-corrected chi connectivity index (χ0v) is 10.0. The number of carbonyl (C=O) groups is 2. The Bertz CT molecular complexity index is 258. The van der Waals surface area contributed by atoms with Crippen LogP contribution in [0.2, 0.25) is 0 Å². The zero-order chi connectivity index (χ0) is 11.4. The van der Waals surface area contributed by atoms with E-state index in [0.717, 1.165) is 6.42 Å². The van der Waals surface area contributed by atoms with Crippen molar-refractivity contribution in [3.63, 3.8) is 0 Å². The predicted molar refractivity (Wildman–Crippen MR) is 61.5 cm³/mol. The molecule has 0 spiro atoms. The minimum Gasteiger partial charge on any atom is -0.329 e. The van der Waals surface area contributed by atoms with E-state index in [1.54, 1.807) is 0 Å². The normalized spacial score (nSPS) is 23.7. The molecule has 86 valence electrons. The van der Waals surface area contributed by atoms with Gasteiger partial charge in [-0.05, 0) is 6.42 Å². The first-order valence-electron chi connectivity index (χ1n) is 5.29. The first-order valence-corrected chi connectivity index (χ1v) is 6.24. The van der Waals surface area contributed by atoms with Gasteiger partial charge in [-0.15, -0.1) is 11.8 Å². The quantitative estimate of drug-likeness (QED) is 0.703. The van der Waals surface area contributed by atoms with Crippen molar-refractivity contribution < 1.29 is 9.59 Å². The maximum absolute atomic E-state index is 11.8. The number of hydrogen-bond acceptors (Lipinski definition) is 4. The van der Waals surface area contributed by atoms with Crippen LogP contribution in [0.4, 0.5) is 0 Å². The Balaban J connectivity index is 2.56. The molecule has 2 unspecified atom stereocenters. The highest BCUT2D eigenvalue weighted by Crippen LogP contribution is 2.27. The number of amides is 2. The molecule has 0 bridgehead atoms. The van der Waals surface area contributed by atoms with E-state index in [1.165, 1.54) is 16.7 Å². The molecular weight excluding hydrogens is 212 g/mol.